The fourth-order valence-corrected chi connectivity index (χ4v) is 4.97. The summed E-state index contributed by atoms with van der Waals surface area (Å²) in [5, 5.41) is 5.53. The summed E-state index contributed by atoms with van der Waals surface area (Å²) in [6.07, 6.45) is -4.49. The van der Waals surface area contributed by atoms with Gasteiger partial charge in [0.25, 0.3) is 5.91 Å². The van der Waals surface area contributed by atoms with E-state index in [2.05, 4.69) is 10.6 Å². The van der Waals surface area contributed by atoms with Gasteiger partial charge in [-0.15, -0.1) is 0 Å². The van der Waals surface area contributed by atoms with E-state index >= 15 is 0 Å². The fraction of sp³-hybridized carbons (Fsp3) is 0.393. The lowest BCUT2D eigenvalue weighted by molar-refractivity contribution is -0.139. The van der Waals surface area contributed by atoms with Crippen molar-refractivity contribution in [2.75, 3.05) is 13.1 Å². The zero-order valence-electron chi connectivity index (χ0n) is 21.7. The minimum atomic E-state index is -4.69. The highest BCUT2D eigenvalue weighted by molar-refractivity contribution is 6.03. The molecule has 38 heavy (non-hydrogen) atoms. The molecule has 2 atom stereocenters. The molecule has 0 spiro atoms. The van der Waals surface area contributed by atoms with E-state index in [9.17, 15) is 27.6 Å². The predicted molar refractivity (Wildman–Crippen MR) is 136 cm³/mol. The third-order valence-electron chi connectivity index (χ3n) is 6.59. The van der Waals surface area contributed by atoms with Crippen LogP contribution in [0.25, 0.3) is 0 Å². The summed E-state index contributed by atoms with van der Waals surface area (Å²) in [5.74, 6) is -0.963. The summed E-state index contributed by atoms with van der Waals surface area (Å²) in [7, 11) is 0. The molecule has 2 aliphatic rings. The lowest BCUT2D eigenvalue weighted by Crippen LogP contribution is -2.54. The molecule has 4 rings (SSSR count). The first kappa shape index (κ1) is 27.2. The summed E-state index contributed by atoms with van der Waals surface area (Å²) in [6, 6.07) is 11.2. The number of benzene rings is 2. The minimum Gasteiger partial charge on any atom is -0.350 e. The van der Waals surface area contributed by atoms with Gasteiger partial charge in [0, 0.05) is 18.5 Å². The van der Waals surface area contributed by atoms with Crippen LogP contribution >= 0.6 is 0 Å². The van der Waals surface area contributed by atoms with E-state index in [0.717, 1.165) is 11.6 Å². The Bertz CT molecular complexity index is 1270. The number of amides is 4. The second-order valence-electron chi connectivity index (χ2n) is 10.4. The minimum absolute atomic E-state index is 0.0461. The van der Waals surface area contributed by atoms with Gasteiger partial charge in [-0.1, -0.05) is 48.5 Å². The number of carbonyl (C=O) groups excluding carboxylic acids is 3. The molecular weight excluding hydrogens is 497 g/mol. The van der Waals surface area contributed by atoms with Gasteiger partial charge in [0.05, 0.1) is 29.4 Å². The molecule has 202 valence electrons. The average molecular weight is 529 g/mol. The Kier molecular flexibility index (Phi) is 7.27. The molecule has 4 amide bonds. The van der Waals surface area contributed by atoms with E-state index < -0.39 is 41.3 Å². The van der Waals surface area contributed by atoms with Crippen molar-refractivity contribution in [3.63, 3.8) is 0 Å². The summed E-state index contributed by atoms with van der Waals surface area (Å²) in [5.41, 5.74) is -0.553. The Morgan fingerprint density at radius 3 is 2.29 bits per heavy atom. The molecule has 0 bridgehead atoms. The van der Waals surface area contributed by atoms with Crippen molar-refractivity contribution in [1.29, 1.82) is 0 Å². The topological polar surface area (TPSA) is 81.8 Å². The van der Waals surface area contributed by atoms with Gasteiger partial charge < -0.3 is 15.5 Å². The van der Waals surface area contributed by atoms with Gasteiger partial charge in [-0.3, -0.25) is 14.5 Å². The molecule has 0 aromatic heterocycles. The third-order valence-corrected chi connectivity index (χ3v) is 6.59. The van der Waals surface area contributed by atoms with Crippen molar-refractivity contribution in [3.05, 3.63) is 82.6 Å². The molecule has 2 N–H and O–H groups in total. The largest absolute Gasteiger partial charge is 0.416 e. The molecule has 2 aromatic rings. The first-order chi connectivity index (χ1) is 17.8. The van der Waals surface area contributed by atoms with Crippen LogP contribution in [0.5, 0.6) is 0 Å². The summed E-state index contributed by atoms with van der Waals surface area (Å²) in [6.45, 7) is 7.32. The third kappa shape index (κ3) is 5.39. The molecular formula is C28H31F3N4O3. The van der Waals surface area contributed by atoms with Crippen LogP contribution in [0, 0.1) is 0 Å². The van der Waals surface area contributed by atoms with Gasteiger partial charge in [0.1, 0.15) is 6.04 Å². The monoisotopic (exact) mass is 528 g/mol. The van der Waals surface area contributed by atoms with E-state index in [0.29, 0.717) is 5.70 Å². The number of rotatable bonds is 6. The molecule has 0 fully saturated rings. The molecule has 0 saturated heterocycles. The highest BCUT2D eigenvalue weighted by Gasteiger charge is 2.48. The van der Waals surface area contributed by atoms with Crippen molar-refractivity contribution >= 4 is 17.8 Å². The number of nitrogens with one attached hydrogen (secondary N) is 2. The quantitative estimate of drug-likeness (QED) is 0.583. The van der Waals surface area contributed by atoms with Crippen LogP contribution in [0.4, 0.5) is 18.0 Å². The molecule has 0 aliphatic carbocycles. The molecule has 10 heteroatoms. The standard InChI is InChI=1S/C28H31F3N4O3/c1-5-34-21-16-35(20(24(36)33-27(2,3)4)15-17-11-7-6-8-12-17)25(37)22(21)23(32-26(34)38)18-13-9-10-14-19(18)28(29,30)31/h6-14,20,23H,5,15-16H2,1-4H3,(H,32,38)(H,33,36). The second-order valence-corrected chi connectivity index (χ2v) is 10.4. The number of likely N-dealkylation sites (N-methyl/N-ethyl adjacent to an activating group) is 1. The summed E-state index contributed by atoms with van der Waals surface area (Å²) >= 11 is 0. The maximum Gasteiger partial charge on any atom is 0.416 e. The van der Waals surface area contributed by atoms with Crippen LogP contribution in [0.3, 0.4) is 0 Å². The average Bonchev–Trinajstić information content (AvgIpc) is 3.17. The molecule has 7 nitrogen and oxygen atoms in total. The van der Waals surface area contributed by atoms with E-state index in [1.165, 1.54) is 28.0 Å². The van der Waals surface area contributed by atoms with Crippen LogP contribution in [0.2, 0.25) is 0 Å². The highest BCUT2D eigenvalue weighted by Crippen LogP contribution is 2.42. The Morgan fingerprint density at radius 1 is 1.05 bits per heavy atom. The zero-order chi connectivity index (χ0) is 27.8. The number of alkyl halides is 3. The SMILES string of the molecule is CCN1C(=O)NC(c2ccccc2C(F)(F)F)C2=C1CN(C(Cc1ccccc1)C(=O)NC(C)(C)C)C2=O. The van der Waals surface area contributed by atoms with Gasteiger partial charge >= 0.3 is 12.2 Å². The first-order valence-corrected chi connectivity index (χ1v) is 12.5. The summed E-state index contributed by atoms with van der Waals surface area (Å²) in [4.78, 5) is 43.2. The Balaban J connectivity index is 1.78. The maximum absolute atomic E-state index is 14.0. The normalized spacial score (nSPS) is 18.9. The van der Waals surface area contributed by atoms with Gasteiger partial charge in [0.15, 0.2) is 0 Å². The van der Waals surface area contributed by atoms with E-state index in [4.69, 9.17) is 0 Å². The van der Waals surface area contributed by atoms with Crippen molar-refractivity contribution in [1.82, 2.24) is 20.4 Å². The Labute approximate surface area is 219 Å². The van der Waals surface area contributed by atoms with E-state index in [1.807, 2.05) is 51.1 Å². The van der Waals surface area contributed by atoms with Crippen LogP contribution in [-0.2, 0) is 22.2 Å². The van der Waals surface area contributed by atoms with Gasteiger partial charge in [-0.25, -0.2) is 4.79 Å². The van der Waals surface area contributed by atoms with E-state index in [1.54, 1.807) is 6.92 Å². The van der Waals surface area contributed by atoms with Gasteiger partial charge in [-0.2, -0.15) is 13.2 Å². The molecule has 0 radical (unpaired) electrons. The fourth-order valence-electron chi connectivity index (χ4n) is 4.97. The lowest BCUT2D eigenvalue weighted by Gasteiger charge is -2.33. The number of nitrogens with zero attached hydrogens (tertiary/aromatic N) is 2. The zero-order valence-corrected chi connectivity index (χ0v) is 21.7. The van der Waals surface area contributed by atoms with Crippen molar-refractivity contribution in [2.45, 2.75) is 57.9 Å². The lowest BCUT2D eigenvalue weighted by atomic mass is 9.91. The van der Waals surface area contributed by atoms with Crippen molar-refractivity contribution < 1.29 is 27.6 Å². The number of halogens is 3. The first-order valence-electron chi connectivity index (χ1n) is 12.5. The molecule has 2 aromatic carbocycles. The van der Waals surface area contributed by atoms with Crippen LogP contribution in [-0.4, -0.2) is 52.3 Å². The molecule has 2 unspecified atom stereocenters. The summed E-state index contributed by atoms with van der Waals surface area (Å²) < 4.78 is 41.7. The van der Waals surface area contributed by atoms with Crippen molar-refractivity contribution in [3.8, 4) is 0 Å². The highest BCUT2D eigenvalue weighted by atomic mass is 19.4. The second kappa shape index (κ2) is 10.2. The maximum atomic E-state index is 14.0. The van der Waals surface area contributed by atoms with Crippen LogP contribution in [0.15, 0.2) is 65.9 Å². The van der Waals surface area contributed by atoms with Crippen LogP contribution < -0.4 is 10.6 Å². The van der Waals surface area contributed by atoms with Crippen LogP contribution in [0.1, 0.15) is 50.4 Å². The Hall–Kier alpha value is -3.82. The molecule has 0 saturated carbocycles. The number of carbonyl (C=O) groups is 3. The van der Waals surface area contributed by atoms with Gasteiger partial charge in [0.2, 0.25) is 5.91 Å². The smallest absolute Gasteiger partial charge is 0.350 e. The number of urea groups is 1. The Morgan fingerprint density at radius 2 is 1.68 bits per heavy atom. The molecule has 2 aliphatic heterocycles. The number of hydrogen-bond acceptors (Lipinski definition) is 3. The predicted octanol–water partition coefficient (Wildman–Crippen LogP) is 4.41. The molecule has 2 heterocycles. The number of hydrogen-bond donors (Lipinski definition) is 2. The van der Waals surface area contributed by atoms with Gasteiger partial charge in [-0.05, 0) is 44.9 Å². The van der Waals surface area contributed by atoms with E-state index in [-0.39, 0.29) is 36.6 Å². The van der Waals surface area contributed by atoms with Crippen molar-refractivity contribution in [2.24, 2.45) is 0 Å².